The summed E-state index contributed by atoms with van der Waals surface area (Å²) < 4.78 is 13.3. The van der Waals surface area contributed by atoms with E-state index >= 15 is 0 Å². The molecular formula is C22H24N4O5. The van der Waals surface area contributed by atoms with Gasteiger partial charge >= 0.3 is 0 Å². The molecule has 1 unspecified atom stereocenters. The van der Waals surface area contributed by atoms with Gasteiger partial charge in [0.1, 0.15) is 17.6 Å². The van der Waals surface area contributed by atoms with Gasteiger partial charge in [-0.15, -0.1) is 0 Å². The van der Waals surface area contributed by atoms with Crippen LogP contribution in [0.2, 0.25) is 0 Å². The smallest absolute Gasteiger partial charge is 0.269 e. The number of ether oxygens (including phenoxy) is 2. The molecule has 4 rings (SSSR count). The van der Waals surface area contributed by atoms with Gasteiger partial charge in [0.15, 0.2) is 6.61 Å². The number of anilines is 1. The lowest BCUT2D eigenvalue weighted by Gasteiger charge is -2.20. The third kappa shape index (κ3) is 4.54. The summed E-state index contributed by atoms with van der Waals surface area (Å²) in [7, 11) is 0. The van der Waals surface area contributed by atoms with Gasteiger partial charge in [0.2, 0.25) is 0 Å². The van der Waals surface area contributed by atoms with Crippen LogP contribution in [0.5, 0.6) is 5.75 Å². The third-order valence-electron chi connectivity index (χ3n) is 5.77. The molecule has 2 heterocycles. The Labute approximate surface area is 179 Å². The van der Waals surface area contributed by atoms with Gasteiger partial charge in [0.25, 0.3) is 11.6 Å². The molecule has 1 saturated heterocycles. The molecule has 1 atom stereocenters. The lowest BCUT2D eigenvalue weighted by atomic mass is 9.95. The first kappa shape index (κ1) is 20.9. The number of amides is 1. The summed E-state index contributed by atoms with van der Waals surface area (Å²) >= 11 is 0. The lowest BCUT2D eigenvalue weighted by molar-refractivity contribution is -0.384. The molecule has 2 aromatic rings. The highest BCUT2D eigenvalue weighted by Crippen LogP contribution is 2.34. The summed E-state index contributed by atoms with van der Waals surface area (Å²) in [4.78, 5) is 22.9. The monoisotopic (exact) mass is 424 g/mol. The van der Waals surface area contributed by atoms with Crippen LogP contribution < -0.4 is 10.1 Å². The van der Waals surface area contributed by atoms with Crippen LogP contribution in [0.4, 0.5) is 11.5 Å². The fourth-order valence-corrected chi connectivity index (χ4v) is 4.29. The van der Waals surface area contributed by atoms with Crippen molar-refractivity contribution >= 4 is 17.4 Å². The number of non-ortho nitro benzene ring substituents is 1. The van der Waals surface area contributed by atoms with E-state index in [-0.39, 0.29) is 18.4 Å². The average molecular weight is 424 g/mol. The van der Waals surface area contributed by atoms with Crippen molar-refractivity contribution in [2.45, 2.75) is 51.2 Å². The van der Waals surface area contributed by atoms with Gasteiger partial charge in [-0.2, -0.15) is 5.26 Å². The highest BCUT2D eigenvalue weighted by molar-refractivity contribution is 5.93. The Morgan fingerprint density at radius 1 is 1.29 bits per heavy atom. The Kier molecular flexibility index (Phi) is 6.18. The Hall–Kier alpha value is -3.38. The van der Waals surface area contributed by atoms with Gasteiger partial charge < -0.3 is 19.4 Å². The number of aromatic nitrogens is 1. The molecule has 1 aliphatic carbocycles. The quantitative estimate of drug-likeness (QED) is 0.538. The number of carbonyl (C=O) groups excluding carboxylic acids is 1. The van der Waals surface area contributed by atoms with Crippen molar-refractivity contribution in [3.63, 3.8) is 0 Å². The van der Waals surface area contributed by atoms with Crippen LogP contribution in [0.25, 0.3) is 0 Å². The van der Waals surface area contributed by atoms with Crippen LogP contribution in [0.3, 0.4) is 0 Å². The number of nitriles is 1. The van der Waals surface area contributed by atoms with E-state index < -0.39 is 10.8 Å². The fraction of sp³-hybridized carbons (Fsp3) is 0.455. The van der Waals surface area contributed by atoms with E-state index in [1.807, 2.05) is 4.57 Å². The predicted molar refractivity (Wildman–Crippen MR) is 112 cm³/mol. The molecule has 2 aliphatic rings. The van der Waals surface area contributed by atoms with Gasteiger partial charge in [-0.3, -0.25) is 14.9 Å². The SMILES string of the molecule is N#Cc1c2c(n(CC3CCCO3)c1NC(=O)COc1ccc([N+](=O)[O-])cc1)CCCC2. The van der Waals surface area contributed by atoms with Gasteiger partial charge in [-0.25, -0.2) is 0 Å². The molecule has 1 aliphatic heterocycles. The van der Waals surface area contributed by atoms with Crippen molar-refractivity contribution in [2.24, 2.45) is 0 Å². The molecule has 1 aromatic heterocycles. The first-order valence-electron chi connectivity index (χ1n) is 10.5. The van der Waals surface area contributed by atoms with Crippen LogP contribution in [-0.4, -0.2) is 34.7 Å². The second-order valence-electron chi connectivity index (χ2n) is 7.80. The number of nitrogens with one attached hydrogen (secondary N) is 1. The van der Waals surface area contributed by atoms with Crippen molar-refractivity contribution in [1.82, 2.24) is 4.57 Å². The summed E-state index contributed by atoms with van der Waals surface area (Å²) in [5, 5.41) is 23.4. The Morgan fingerprint density at radius 2 is 2.06 bits per heavy atom. The van der Waals surface area contributed by atoms with Crippen LogP contribution in [0, 0.1) is 21.4 Å². The molecule has 0 saturated carbocycles. The summed E-state index contributed by atoms with van der Waals surface area (Å²) in [6.45, 7) is 1.09. The summed E-state index contributed by atoms with van der Waals surface area (Å²) in [5.41, 5.74) is 2.62. The summed E-state index contributed by atoms with van der Waals surface area (Å²) in [5.74, 6) is 0.482. The zero-order valence-electron chi connectivity index (χ0n) is 17.1. The molecule has 0 bridgehead atoms. The van der Waals surface area contributed by atoms with E-state index in [1.54, 1.807) is 0 Å². The topological polar surface area (TPSA) is 119 Å². The predicted octanol–water partition coefficient (Wildman–Crippen LogP) is 3.34. The second kappa shape index (κ2) is 9.18. The number of carbonyl (C=O) groups is 1. The normalized spacial score (nSPS) is 17.6. The third-order valence-corrected chi connectivity index (χ3v) is 5.77. The summed E-state index contributed by atoms with van der Waals surface area (Å²) in [6, 6.07) is 7.83. The first-order valence-corrected chi connectivity index (χ1v) is 10.5. The van der Waals surface area contributed by atoms with Crippen LogP contribution in [0.1, 0.15) is 42.5 Å². The number of fused-ring (bicyclic) bond motifs is 1. The molecule has 1 amide bonds. The van der Waals surface area contributed by atoms with E-state index in [0.29, 0.717) is 23.7 Å². The zero-order chi connectivity index (χ0) is 21.8. The molecule has 31 heavy (non-hydrogen) atoms. The number of hydrogen-bond donors (Lipinski definition) is 1. The van der Waals surface area contributed by atoms with E-state index in [4.69, 9.17) is 9.47 Å². The van der Waals surface area contributed by atoms with E-state index in [2.05, 4.69) is 11.4 Å². The van der Waals surface area contributed by atoms with Gasteiger partial charge in [-0.05, 0) is 56.2 Å². The number of rotatable bonds is 7. The molecule has 0 radical (unpaired) electrons. The van der Waals surface area contributed by atoms with Crippen LogP contribution in [0.15, 0.2) is 24.3 Å². The number of nitro groups is 1. The van der Waals surface area contributed by atoms with Crippen molar-refractivity contribution in [2.75, 3.05) is 18.5 Å². The first-order chi connectivity index (χ1) is 15.1. The Morgan fingerprint density at radius 3 is 2.74 bits per heavy atom. The minimum absolute atomic E-state index is 0.0481. The van der Waals surface area contributed by atoms with Crippen molar-refractivity contribution in [1.29, 1.82) is 5.26 Å². The molecule has 9 heteroatoms. The molecule has 9 nitrogen and oxygen atoms in total. The number of nitrogens with zero attached hydrogens (tertiary/aromatic N) is 3. The van der Waals surface area contributed by atoms with E-state index in [9.17, 15) is 20.2 Å². The molecule has 1 fully saturated rings. The van der Waals surface area contributed by atoms with Gasteiger partial charge in [0, 0.05) is 24.4 Å². The lowest BCUT2D eigenvalue weighted by Crippen LogP contribution is -2.25. The molecule has 0 spiro atoms. The van der Waals surface area contributed by atoms with Crippen LogP contribution in [-0.2, 0) is 28.9 Å². The Bertz CT molecular complexity index is 1020. The van der Waals surface area contributed by atoms with Crippen molar-refractivity contribution in [3.05, 3.63) is 51.2 Å². The maximum absolute atomic E-state index is 12.6. The number of nitro benzene ring substituents is 1. The molecule has 1 N–H and O–H groups in total. The largest absolute Gasteiger partial charge is 0.484 e. The van der Waals surface area contributed by atoms with E-state index in [1.165, 1.54) is 24.3 Å². The minimum Gasteiger partial charge on any atom is -0.484 e. The highest BCUT2D eigenvalue weighted by Gasteiger charge is 2.28. The summed E-state index contributed by atoms with van der Waals surface area (Å²) in [6.07, 6.45) is 5.86. The Balaban J connectivity index is 1.51. The maximum atomic E-state index is 12.6. The standard InChI is InChI=1S/C22H24N4O5/c23-12-19-18-5-1-2-6-20(18)25(13-17-4-3-11-30-17)22(19)24-21(27)14-31-16-9-7-15(8-10-16)26(28)29/h7-10,17H,1-6,11,13-14H2,(H,24,27). The number of hydrogen-bond acceptors (Lipinski definition) is 6. The highest BCUT2D eigenvalue weighted by atomic mass is 16.6. The maximum Gasteiger partial charge on any atom is 0.269 e. The van der Waals surface area contributed by atoms with E-state index in [0.717, 1.165) is 56.4 Å². The minimum atomic E-state index is -0.496. The fourth-order valence-electron chi connectivity index (χ4n) is 4.29. The molecule has 162 valence electrons. The average Bonchev–Trinajstić information content (AvgIpc) is 3.39. The second-order valence-corrected chi connectivity index (χ2v) is 7.80. The van der Waals surface area contributed by atoms with Crippen LogP contribution >= 0.6 is 0 Å². The van der Waals surface area contributed by atoms with Crippen molar-refractivity contribution < 1.29 is 19.2 Å². The number of benzene rings is 1. The van der Waals surface area contributed by atoms with Crippen molar-refractivity contribution in [3.8, 4) is 11.8 Å². The molecular weight excluding hydrogens is 400 g/mol. The van der Waals surface area contributed by atoms with Gasteiger partial charge in [0.05, 0.1) is 23.1 Å². The molecule has 1 aromatic carbocycles. The van der Waals surface area contributed by atoms with Gasteiger partial charge in [-0.1, -0.05) is 0 Å². The zero-order valence-corrected chi connectivity index (χ0v) is 17.1.